The minimum atomic E-state index is -0.0909. The Morgan fingerprint density at radius 3 is 3.15 bits per heavy atom. The summed E-state index contributed by atoms with van der Waals surface area (Å²) in [5.41, 5.74) is 2.21. The third-order valence-electron chi connectivity index (χ3n) is 4.50. The molecule has 2 aromatic rings. The maximum Gasteiger partial charge on any atom is 0.270 e. The van der Waals surface area contributed by atoms with E-state index in [4.69, 9.17) is 4.42 Å². The second kappa shape index (κ2) is 4.31. The van der Waals surface area contributed by atoms with E-state index in [2.05, 4.69) is 15.6 Å². The van der Waals surface area contributed by atoms with Crippen molar-refractivity contribution in [1.82, 2.24) is 15.6 Å². The van der Waals surface area contributed by atoms with Crippen molar-refractivity contribution in [3.63, 3.8) is 0 Å². The molecule has 2 saturated heterocycles. The summed E-state index contributed by atoms with van der Waals surface area (Å²) in [6.45, 7) is 1.97. The van der Waals surface area contributed by atoms with E-state index < -0.39 is 0 Å². The maximum absolute atomic E-state index is 12.3. The number of amides is 1. The molecule has 2 aliphatic heterocycles. The van der Waals surface area contributed by atoms with Crippen LogP contribution in [0.15, 0.2) is 22.9 Å². The van der Waals surface area contributed by atoms with Gasteiger partial charge in [0.15, 0.2) is 5.58 Å². The zero-order valence-corrected chi connectivity index (χ0v) is 11.3. The van der Waals surface area contributed by atoms with Crippen LogP contribution in [0.5, 0.6) is 0 Å². The molecule has 0 aliphatic carbocycles. The molecule has 1 amide bonds. The first-order valence-electron chi connectivity index (χ1n) is 7.11. The molecule has 2 unspecified atom stereocenters. The van der Waals surface area contributed by atoms with Crippen LogP contribution in [0.1, 0.15) is 35.3 Å². The van der Waals surface area contributed by atoms with Gasteiger partial charge in [-0.3, -0.25) is 4.79 Å². The van der Waals surface area contributed by atoms with Crippen LogP contribution < -0.4 is 10.6 Å². The summed E-state index contributed by atoms with van der Waals surface area (Å²) in [6.07, 6.45) is 6.73. The lowest BCUT2D eigenvalue weighted by Gasteiger charge is -2.21. The van der Waals surface area contributed by atoms with Gasteiger partial charge in [0.05, 0.1) is 12.5 Å². The van der Waals surface area contributed by atoms with E-state index in [0.29, 0.717) is 17.8 Å². The molecular weight excluding hydrogens is 254 g/mol. The number of carbonyl (C=O) groups is 1. The lowest BCUT2D eigenvalue weighted by atomic mass is 9.95. The van der Waals surface area contributed by atoms with E-state index in [9.17, 15) is 4.79 Å². The highest BCUT2D eigenvalue weighted by Crippen LogP contribution is 2.28. The normalized spacial score (nSPS) is 28.1. The first-order chi connectivity index (χ1) is 9.70. The SMILES string of the molecule is Cc1coc2cnc(C(=O)N[C@@H]3CC4CCC3N4)cc12. The quantitative estimate of drug-likeness (QED) is 0.873. The van der Waals surface area contributed by atoms with Crippen molar-refractivity contribution in [3.05, 3.63) is 29.8 Å². The summed E-state index contributed by atoms with van der Waals surface area (Å²) in [5.74, 6) is -0.0909. The van der Waals surface area contributed by atoms with E-state index in [-0.39, 0.29) is 11.9 Å². The van der Waals surface area contributed by atoms with Crippen LogP contribution in [0.25, 0.3) is 11.0 Å². The molecular formula is C15H17N3O2. The smallest absolute Gasteiger partial charge is 0.270 e. The van der Waals surface area contributed by atoms with Crippen LogP contribution in [0.2, 0.25) is 0 Å². The summed E-state index contributed by atoms with van der Waals surface area (Å²) in [4.78, 5) is 16.5. The number of furan rings is 1. The number of fused-ring (bicyclic) bond motifs is 3. The molecule has 4 heterocycles. The molecule has 2 fully saturated rings. The molecule has 5 nitrogen and oxygen atoms in total. The molecule has 2 bridgehead atoms. The highest BCUT2D eigenvalue weighted by molar-refractivity contribution is 5.96. The summed E-state index contributed by atoms with van der Waals surface area (Å²) in [5, 5.41) is 7.58. The van der Waals surface area contributed by atoms with E-state index >= 15 is 0 Å². The highest BCUT2D eigenvalue weighted by atomic mass is 16.3. The Morgan fingerprint density at radius 1 is 1.50 bits per heavy atom. The van der Waals surface area contributed by atoms with E-state index in [0.717, 1.165) is 29.4 Å². The zero-order valence-electron chi connectivity index (χ0n) is 11.3. The summed E-state index contributed by atoms with van der Waals surface area (Å²) in [7, 11) is 0. The Labute approximate surface area is 116 Å². The number of carbonyl (C=O) groups excluding carboxylic acids is 1. The predicted octanol–water partition coefficient (Wildman–Crippen LogP) is 1.76. The molecule has 2 N–H and O–H groups in total. The molecule has 0 aromatic carbocycles. The molecule has 2 aromatic heterocycles. The van der Waals surface area contributed by atoms with Crippen molar-refractivity contribution < 1.29 is 9.21 Å². The Kier molecular flexibility index (Phi) is 2.57. The molecule has 104 valence electrons. The maximum atomic E-state index is 12.3. The minimum absolute atomic E-state index is 0.0909. The molecule has 4 rings (SSSR count). The third kappa shape index (κ3) is 1.81. The van der Waals surface area contributed by atoms with Crippen molar-refractivity contribution in [2.75, 3.05) is 0 Å². The van der Waals surface area contributed by atoms with Crippen LogP contribution in [-0.4, -0.2) is 29.0 Å². The Balaban J connectivity index is 1.56. The topological polar surface area (TPSA) is 67.2 Å². The van der Waals surface area contributed by atoms with E-state index in [1.807, 2.05) is 13.0 Å². The Bertz CT molecular complexity index is 679. The van der Waals surface area contributed by atoms with Crippen LogP contribution in [0.4, 0.5) is 0 Å². The van der Waals surface area contributed by atoms with Gasteiger partial charge >= 0.3 is 0 Å². The van der Waals surface area contributed by atoms with Gasteiger partial charge < -0.3 is 15.1 Å². The van der Waals surface area contributed by atoms with Gasteiger partial charge in [-0.05, 0) is 37.8 Å². The highest BCUT2D eigenvalue weighted by Gasteiger charge is 2.39. The summed E-state index contributed by atoms with van der Waals surface area (Å²) < 4.78 is 5.35. The lowest BCUT2D eigenvalue weighted by Crippen LogP contribution is -2.43. The van der Waals surface area contributed by atoms with Crippen molar-refractivity contribution in [2.24, 2.45) is 0 Å². The third-order valence-corrected chi connectivity index (χ3v) is 4.50. The fourth-order valence-electron chi connectivity index (χ4n) is 3.41. The van der Waals surface area contributed by atoms with Gasteiger partial charge in [-0.25, -0.2) is 4.98 Å². The van der Waals surface area contributed by atoms with Gasteiger partial charge in [0.1, 0.15) is 5.69 Å². The summed E-state index contributed by atoms with van der Waals surface area (Å²) >= 11 is 0. The molecule has 0 saturated carbocycles. The first-order valence-corrected chi connectivity index (χ1v) is 7.11. The monoisotopic (exact) mass is 271 g/mol. The van der Waals surface area contributed by atoms with Gasteiger partial charge in [0, 0.05) is 23.5 Å². The molecule has 2 aliphatic rings. The van der Waals surface area contributed by atoms with Crippen LogP contribution in [-0.2, 0) is 0 Å². The van der Waals surface area contributed by atoms with Crippen LogP contribution in [0.3, 0.4) is 0 Å². The number of nitrogens with zero attached hydrogens (tertiary/aromatic N) is 1. The number of hydrogen-bond donors (Lipinski definition) is 2. The Morgan fingerprint density at radius 2 is 2.40 bits per heavy atom. The number of aromatic nitrogens is 1. The van der Waals surface area contributed by atoms with E-state index in [1.54, 1.807) is 12.5 Å². The lowest BCUT2D eigenvalue weighted by molar-refractivity contribution is 0.0926. The second-order valence-electron chi connectivity index (χ2n) is 5.85. The molecule has 0 spiro atoms. The fraction of sp³-hybridized carbons (Fsp3) is 0.467. The molecule has 20 heavy (non-hydrogen) atoms. The fourth-order valence-corrected chi connectivity index (χ4v) is 3.41. The standard InChI is InChI=1S/C15H17N3O2/c1-8-7-20-14-6-16-13(5-10(8)14)15(19)18-12-4-9-2-3-11(12)17-9/h5-7,9,11-12,17H,2-4H2,1H3,(H,18,19)/t9?,11?,12-/m1/s1. The predicted molar refractivity (Wildman–Crippen MR) is 74.6 cm³/mol. The Hall–Kier alpha value is -1.88. The van der Waals surface area contributed by atoms with Crippen LogP contribution in [0, 0.1) is 6.92 Å². The molecule has 5 heteroatoms. The number of hydrogen-bond acceptors (Lipinski definition) is 4. The summed E-state index contributed by atoms with van der Waals surface area (Å²) in [6, 6.07) is 3.06. The second-order valence-corrected chi connectivity index (χ2v) is 5.85. The zero-order chi connectivity index (χ0) is 13.7. The molecule has 3 atom stereocenters. The van der Waals surface area contributed by atoms with E-state index in [1.165, 1.54) is 6.42 Å². The van der Waals surface area contributed by atoms with Gasteiger partial charge in [0.2, 0.25) is 0 Å². The number of pyridine rings is 1. The largest absolute Gasteiger partial charge is 0.462 e. The molecule has 0 radical (unpaired) electrons. The number of aryl methyl sites for hydroxylation is 1. The number of nitrogens with one attached hydrogen (secondary N) is 2. The average molecular weight is 271 g/mol. The number of rotatable bonds is 2. The van der Waals surface area contributed by atoms with Crippen LogP contribution >= 0.6 is 0 Å². The van der Waals surface area contributed by atoms with Gasteiger partial charge in [-0.15, -0.1) is 0 Å². The van der Waals surface area contributed by atoms with Gasteiger partial charge in [0.25, 0.3) is 5.91 Å². The first kappa shape index (κ1) is 11.9. The van der Waals surface area contributed by atoms with Crippen molar-refractivity contribution in [3.8, 4) is 0 Å². The van der Waals surface area contributed by atoms with Gasteiger partial charge in [-0.2, -0.15) is 0 Å². The van der Waals surface area contributed by atoms with Gasteiger partial charge in [-0.1, -0.05) is 0 Å². The minimum Gasteiger partial charge on any atom is -0.462 e. The van der Waals surface area contributed by atoms with Crippen molar-refractivity contribution in [2.45, 2.75) is 44.3 Å². The van der Waals surface area contributed by atoms with Crippen molar-refractivity contribution >= 4 is 16.9 Å². The average Bonchev–Trinajstić information content (AvgIpc) is 3.15. The van der Waals surface area contributed by atoms with Crippen molar-refractivity contribution in [1.29, 1.82) is 0 Å².